The zero-order valence-corrected chi connectivity index (χ0v) is 22.9. The number of benzodiazepines with no additional fused rings is 1. The Balaban J connectivity index is 1.54. The topological polar surface area (TPSA) is 134 Å². The molecular weight excluding hydrogens is 534 g/mol. The lowest BCUT2D eigenvalue weighted by molar-refractivity contribution is -0.385. The number of amides is 3. The van der Waals surface area contributed by atoms with Crippen LogP contribution >= 0.6 is 0 Å². The number of rotatable bonds is 7. The number of hydrogen-bond acceptors (Lipinski definition) is 6. The Morgan fingerprint density at radius 3 is 2.33 bits per heavy atom. The van der Waals surface area contributed by atoms with E-state index < -0.39 is 23.0 Å². The van der Waals surface area contributed by atoms with Crippen LogP contribution in [0.5, 0.6) is 0 Å². The number of fused-ring (bicyclic) bond motifs is 1. The molecule has 0 bridgehead atoms. The average molecular weight is 562 g/mol. The van der Waals surface area contributed by atoms with Crippen molar-refractivity contribution in [2.45, 2.75) is 20.0 Å². The van der Waals surface area contributed by atoms with Crippen molar-refractivity contribution >= 4 is 40.5 Å². The van der Waals surface area contributed by atoms with Crippen molar-refractivity contribution in [3.05, 3.63) is 135 Å². The van der Waals surface area contributed by atoms with Crippen LogP contribution in [0, 0.1) is 24.0 Å². The summed E-state index contributed by atoms with van der Waals surface area (Å²) in [6.45, 7) is 3.07. The molecule has 10 nitrogen and oxygen atoms in total. The van der Waals surface area contributed by atoms with Gasteiger partial charge in [-0.3, -0.25) is 19.7 Å². The minimum atomic E-state index is -1.41. The predicted octanol–water partition coefficient (Wildman–Crippen LogP) is 5.43. The smallest absolute Gasteiger partial charge is 0.308 e. The van der Waals surface area contributed by atoms with Crippen LogP contribution < -0.4 is 15.5 Å². The van der Waals surface area contributed by atoms with Crippen molar-refractivity contribution in [3.63, 3.8) is 0 Å². The third-order valence-electron chi connectivity index (χ3n) is 7.02. The van der Waals surface area contributed by atoms with Gasteiger partial charge in [-0.15, -0.1) is 0 Å². The number of para-hydroxylation sites is 1. The number of carbonyl (C=O) groups is 3. The van der Waals surface area contributed by atoms with Gasteiger partial charge in [0.05, 0.1) is 34.1 Å². The largest absolute Gasteiger partial charge is 0.321 e. The second-order valence-electron chi connectivity index (χ2n) is 9.73. The highest BCUT2D eigenvalue weighted by Gasteiger charge is 2.34. The minimum absolute atomic E-state index is 0.154. The van der Waals surface area contributed by atoms with Gasteiger partial charge < -0.3 is 15.5 Å². The number of Topliss-reactive ketones (excluding diaryl/α,β-unsaturated/α-hetero) is 1. The monoisotopic (exact) mass is 561 g/mol. The molecule has 0 saturated carbocycles. The van der Waals surface area contributed by atoms with Crippen molar-refractivity contribution in [2.24, 2.45) is 4.99 Å². The number of benzene rings is 4. The number of carbonyl (C=O) groups excluding carboxylic acids is 3. The summed E-state index contributed by atoms with van der Waals surface area (Å²) in [4.78, 5) is 57.6. The maximum atomic E-state index is 14.1. The predicted molar refractivity (Wildman–Crippen MR) is 160 cm³/mol. The first kappa shape index (κ1) is 27.9. The maximum absolute atomic E-state index is 14.1. The molecule has 0 aromatic heterocycles. The summed E-state index contributed by atoms with van der Waals surface area (Å²) in [7, 11) is 0. The van der Waals surface area contributed by atoms with Crippen LogP contribution in [0.15, 0.2) is 102 Å². The SMILES string of the molecule is Cc1ccccc1C(=O)CN1C(=O)[C@@H](NC(=O)Nc2cccc([N+](=O)[O-])c2C)N=C(c2ccccc2)c2ccccc21. The van der Waals surface area contributed by atoms with E-state index in [0.29, 0.717) is 28.1 Å². The third kappa shape index (κ3) is 5.64. The van der Waals surface area contributed by atoms with E-state index in [2.05, 4.69) is 10.6 Å². The van der Waals surface area contributed by atoms with Crippen LogP contribution in [0.25, 0.3) is 0 Å². The molecule has 4 aromatic carbocycles. The summed E-state index contributed by atoms with van der Waals surface area (Å²) < 4.78 is 0. The van der Waals surface area contributed by atoms with Gasteiger partial charge in [-0.2, -0.15) is 0 Å². The second kappa shape index (κ2) is 11.8. The normalized spacial score (nSPS) is 14.3. The summed E-state index contributed by atoms with van der Waals surface area (Å²) >= 11 is 0. The number of ketones is 1. The van der Waals surface area contributed by atoms with Gasteiger partial charge in [0.25, 0.3) is 11.6 Å². The number of nitro benzene ring substituents is 1. The average Bonchev–Trinajstić information content (AvgIpc) is 3.09. The Kier molecular flexibility index (Phi) is 7.87. The Bertz CT molecular complexity index is 1730. The number of urea groups is 1. The highest BCUT2D eigenvalue weighted by molar-refractivity contribution is 6.21. The van der Waals surface area contributed by atoms with Crippen LogP contribution in [0.3, 0.4) is 0 Å². The summed E-state index contributed by atoms with van der Waals surface area (Å²) in [6.07, 6.45) is -1.41. The molecule has 2 N–H and O–H groups in total. The number of aryl methyl sites for hydroxylation is 1. The van der Waals surface area contributed by atoms with Crippen LogP contribution in [0.2, 0.25) is 0 Å². The van der Waals surface area contributed by atoms with E-state index in [9.17, 15) is 24.5 Å². The van der Waals surface area contributed by atoms with Gasteiger partial charge in [-0.25, -0.2) is 9.79 Å². The molecular formula is C32H27N5O5. The molecule has 0 fully saturated rings. The molecule has 3 amide bonds. The molecule has 0 radical (unpaired) electrons. The highest BCUT2D eigenvalue weighted by atomic mass is 16.6. The van der Waals surface area contributed by atoms with Crippen LogP contribution in [0.1, 0.15) is 32.6 Å². The lowest BCUT2D eigenvalue weighted by atomic mass is 9.99. The second-order valence-corrected chi connectivity index (χ2v) is 9.73. The number of nitrogens with zero attached hydrogens (tertiary/aromatic N) is 3. The van der Waals surface area contributed by atoms with E-state index in [1.54, 1.807) is 24.3 Å². The molecule has 1 aliphatic rings. The molecule has 4 aromatic rings. The van der Waals surface area contributed by atoms with Gasteiger partial charge in [0.2, 0.25) is 6.17 Å². The number of nitrogens with one attached hydrogen (secondary N) is 2. The summed E-state index contributed by atoms with van der Waals surface area (Å²) in [6, 6.07) is 27.0. The molecule has 210 valence electrons. The molecule has 10 heteroatoms. The van der Waals surface area contributed by atoms with Crippen molar-refractivity contribution in [1.82, 2.24) is 5.32 Å². The highest BCUT2D eigenvalue weighted by Crippen LogP contribution is 2.29. The van der Waals surface area contributed by atoms with Crippen molar-refractivity contribution in [2.75, 3.05) is 16.8 Å². The first-order valence-electron chi connectivity index (χ1n) is 13.2. The van der Waals surface area contributed by atoms with Crippen LogP contribution in [-0.2, 0) is 4.79 Å². The van der Waals surface area contributed by atoms with Crippen molar-refractivity contribution in [3.8, 4) is 0 Å². The van der Waals surface area contributed by atoms with Crippen LogP contribution in [-0.4, -0.2) is 41.1 Å². The van der Waals surface area contributed by atoms with Gasteiger partial charge in [0, 0.05) is 22.8 Å². The fraction of sp³-hybridized carbons (Fsp3) is 0.125. The first-order chi connectivity index (χ1) is 20.2. The molecule has 0 unspecified atom stereocenters. The van der Waals surface area contributed by atoms with E-state index in [0.717, 1.165) is 5.56 Å². The van der Waals surface area contributed by atoms with E-state index in [-0.39, 0.29) is 29.3 Å². The number of aliphatic imine (C=N–C) groups is 1. The fourth-order valence-electron chi connectivity index (χ4n) is 4.87. The quantitative estimate of drug-likeness (QED) is 0.176. The molecule has 1 aliphatic heterocycles. The Labute approximate surface area is 241 Å². The van der Waals surface area contributed by atoms with Crippen LogP contribution in [0.4, 0.5) is 21.9 Å². The lowest BCUT2D eigenvalue weighted by Crippen LogP contribution is -2.50. The minimum Gasteiger partial charge on any atom is -0.308 e. The van der Waals surface area contributed by atoms with Crippen molar-refractivity contribution in [1.29, 1.82) is 0 Å². The summed E-state index contributed by atoms with van der Waals surface area (Å²) in [5.74, 6) is -0.879. The Hall–Kier alpha value is -5.64. The number of nitro groups is 1. The third-order valence-corrected chi connectivity index (χ3v) is 7.02. The number of hydrogen-bond donors (Lipinski definition) is 2. The molecule has 42 heavy (non-hydrogen) atoms. The molecule has 1 atom stereocenters. The lowest BCUT2D eigenvalue weighted by Gasteiger charge is -2.25. The van der Waals surface area contributed by atoms with Crippen molar-refractivity contribution < 1.29 is 19.3 Å². The first-order valence-corrected chi connectivity index (χ1v) is 13.2. The molecule has 0 spiro atoms. The van der Waals surface area contributed by atoms with E-state index >= 15 is 0 Å². The summed E-state index contributed by atoms with van der Waals surface area (Å²) in [5.41, 5.74) is 3.86. The molecule has 1 heterocycles. The molecule has 0 aliphatic carbocycles. The van der Waals surface area contributed by atoms with E-state index in [4.69, 9.17) is 4.99 Å². The summed E-state index contributed by atoms with van der Waals surface area (Å²) in [5, 5.41) is 16.6. The zero-order valence-electron chi connectivity index (χ0n) is 22.9. The fourth-order valence-corrected chi connectivity index (χ4v) is 4.87. The van der Waals surface area contributed by atoms with E-state index in [1.165, 1.54) is 30.0 Å². The zero-order chi connectivity index (χ0) is 29.8. The van der Waals surface area contributed by atoms with Gasteiger partial charge in [0.15, 0.2) is 5.78 Å². The van der Waals surface area contributed by atoms with Gasteiger partial charge in [-0.1, -0.05) is 78.9 Å². The van der Waals surface area contributed by atoms with Gasteiger partial charge >= 0.3 is 6.03 Å². The molecule has 5 rings (SSSR count). The Morgan fingerprint density at radius 1 is 0.905 bits per heavy atom. The van der Waals surface area contributed by atoms with Gasteiger partial charge in [0.1, 0.15) is 0 Å². The molecule has 0 saturated heterocycles. The van der Waals surface area contributed by atoms with Gasteiger partial charge in [-0.05, 0) is 31.5 Å². The Morgan fingerprint density at radius 2 is 1.60 bits per heavy atom. The standard InChI is InChI=1S/C32H27N5O5/c1-20-11-6-7-14-23(20)28(38)19-36-27-17-9-8-15-24(27)29(22-12-4-3-5-13-22)34-30(31(36)39)35-32(40)33-25-16-10-18-26(21(25)2)37(41)42/h3-18,30H,19H2,1-2H3,(H2,33,35,40)/t30-/m1/s1. The number of anilines is 2. The van der Waals surface area contributed by atoms with E-state index in [1.807, 2.05) is 61.5 Å². The maximum Gasteiger partial charge on any atom is 0.321 e.